The number of nitrogens with one attached hydrogen (secondary N) is 2. The molecule has 0 spiro atoms. The van der Waals surface area contributed by atoms with E-state index in [1.165, 1.54) is 16.8 Å². The zero-order valence-corrected chi connectivity index (χ0v) is 15.6. The second kappa shape index (κ2) is 8.13. The van der Waals surface area contributed by atoms with E-state index < -0.39 is 0 Å². The topological polar surface area (TPSA) is 53.2 Å². The van der Waals surface area contributed by atoms with Gasteiger partial charge in [-0.25, -0.2) is 0 Å². The molecule has 25 heavy (non-hydrogen) atoms. The number of hydrogen-bond donors (Lipinski definition) is 2. The molecule has 5 nitrogen and oxygen atoms in total. The Morgan fingerprint density at radius 3 is 2.60 bits per heavy atom. The van der Waals surface area contributed by atoms with Crippen LogP contribution in [0.2, 0.25) is 0 Å². The Kier molecular flexibility index (Phi) is 5.89. The standard InChI is InChI=1S/C20H30N4O/c1-20(2,3)19-17(14-22-23-19)13-21-15-18(16-7-5-4-6-8-16)24-9-11-25-12-10-24/h4-8,14,18,21H,9-13,15H2,1-3H3,(H,22,23). The van der Waals surface area contributed by atoms with Crippen molar-refractivity contribution in [2.45, 2.75) is 38.8 Å². The van der Waals surface area contributed by atoms with Crippen molar-refractivity contribution in [2.24, 2.45) is 0 Å². The summed E-state index contributed by atoms with van der Waals surface area (Å²) in [5, 5.41) is 11.1. The Morgan fingerprint density at radius 1 is 1.20 bits per heavy atom. The fourth-order valence-electron chi connectivity index (χ4n) is 3.46. The third kappa shape index (κ3) is 4.69. The Balaban J connectivity index is 1.66. The third-order valence-electron chi connectivity index (χ3n) is 4.79. The highest BCUT2D eigenvalue weighted by atomic mass is 16.5. The predicted molar refractivity (Wildman–Crippen MR) is 101 cm³/mol. The summed E-state index contributed by atoms with van der Waals surface area (Å²) in [6, 6.07) is 11.1. The number of aromatic amines is 1. The number of ether oxygens (including phenoxy) is 1. The van der Waals surface area contributed by atoms with Crippen LogP contribution in [0.4, 0.5) is 0 Å². The van der Waals surface area contributed by atoms with Crippen molar-refractivity contribution < 1.29 is 4.74 Å². The zero-order valence-electron chi connectivity index (χ0n) is 15.6. The number of morpholine rings is 1. The molecular formula is C20H30N4O. The summed E-state index contributed by atoms with van der Waals surface area (Å²) in [5.74, 6) is 0. The molecule has 2 N–H and O–H groups in total. The average molecular weight is 342 g/mol. The van der Waals surface area contributed by atoms with E-state index in [2.05, 4.69) is 71.5 Å². The van der Waals surface area contributed by atoms with E-state index in [1.807, 2.05) is 6.20 Å². The summed E-state index contributed by atoms with van der Waals surface area (Å²) in [7, 11) is 0. The van der Waals surface area contributed by atoms with Crippen LogP contribution >= 0.6 is 0 Å². The van der Waals surface area contributed by atoms with Crippen molar-refractivity contribution in [3.8, 4) is 0 Å². The van der Waals surface area contributed by atoms with Crippen molar-refractivity contribution in [1.82, 2.24) is 20.4 Å². The summed E-state index contributed by atoms with van der Waals surface area (Å²) in [6.07, 6.45) is 1.94. The van der Waals surface area contributed by atoms with Crippen LogP contribution in [0.3, 0.4) is 0 Å². The van der Waals surface area contributed by atoms with Gasteiger partial charge in [0.1, 0.15) is 0 Å². The molecule has 0 radical (unpaired) electrons. The molecule has 1 unspecified atom stereocenters. The Morgan fingerprint density at radius 2 is 1.92 bits per heavy atom. The van der Waals surface area contributed by atoms with Gasteiger partial charge in [-0.2, -0.15) is 5.10 Å². The molecule has 1 saturated heterocycles. The summed E-state index contributed by atoms with van der Waals surface area (Å²) >= 11 is 0. The maximum Gasteiger partial charge on any atom is 0.0594 e. The number of benzene rings is 1. The van der Waals surface area contributed by atoms with Crippen molar-refractivity contribution in [2.75, 3.05) is 32.8 Å². The van der Waals surface area contributed by atoms with Crippen LogP contribution in [-0.4, -0.2) is 47.9 Å². The van der Waals surface area contributed by atoms with Gasteiger partial charge in [-0.15, -0.1) is 0 Å². The van der Waals surface area contributed by atoms with Crippen LogP contribution < -0.4 is 5.32 Å². The number of H-pyrrole nitrogens is 1. The lowest BCUT2D eigenvalue weighted by Crippen LogP contribution is -2.42. The molecule has 2 aromatic rings. The van der Waals surface area contributed by atoms with Crippen LogP contribution in [0.1, 0.15) is 43.6 Å². The molecule has 1 aromatic carbocycles. The molecule has 0 amide bonds. The van der Waals surface area contributed by atoms with Gasteiger partial charge in [0, 0.05) is 48.9 Å². The number of hydrogen-bond acceptors (Lipinski definition) is 4. The van der Waals surface area contributed by atoms with Gasteiger partial charge in [-0.1, -0.05) is 51.1 Å². The number of rotatable bonds is 6. The number of aromatic nitrogens is 2. The molecule has 136 valence electrons. The van der Waals surface area contributed by atoms with Gasteiger partial charge in [0.05, 0.1) is 19.4 Å². The van der Waals surface area contributed by atoms with Gasteiger partial charge in [0.25, 0.3) is 0 Å². The number of nitrogens with zero attached hydrogens (tertiary/aromatic N) is 2. The summed E-state index contributed by atoms with van der Waals surface area (Å²) in [5.41, 5.74) is 3.90. The highest BCUT2D eigenvalue weighted by molar-refractivity contribution is 5.24. The minimum absolute atomic E-state index is 0.0799. The van der Waals surface area contributed by atoms with E-state index in [0.717, 1.165) is 39.4 Å². The largest absolute Gasteiger partial charge is 0.379 e. The molecule has 0 bridgehead atoms. The van der Waals surface area contributed by atoms with E-state index in [1.54, 1.807) is 0 Å². The lowest BCUT2D eigenvalue weighted by molar-refractivity contribution is 0.0161. The first kappa shape index (κ1) is 18.1. The Hall–Kier alpha value is -1.69. The molecule has 5 heteroatoms. The lowest BCUT2D eigenvalue weighted by atomic mass is 9.89. The normalized spacial score (nSPS) is 17.6. The van der Waals surface area contributed by atoms with E-state index in [-0.39, 0.29) is 5.41 Å². The maximum atomic E-state index is 5.53. The second-order valence-electron chi connectivity index (χ2n) is 7.73. The van der Waals surface area contributed by atoms with E-state index >= 15 is 0 Å². The second-order valence-corrected chi connectivity index (χ2v) is 7.73. The van der Waals surface area contributed by atoms with E-state index in [9.17, 15) is 0 Å². The first-order valence-corrected chi connectivity index (χ1v) is 9.16. The third-order valence-corrected chi connectivity index (χ3v) is 4.79. The Labute approximate surface area is 150 Å². The minimum atomic E-state index is 0.0799. The molecular weight excluding hydrogens is 312 g/mol. The van der Waals surface area contributed by atoms with Gasteiger partial charge in [0.2, 0.25) is 0 Å². The molecule has 3 rings (SSSR count). The fourth-order valence-corrected chi connectivity index (χ4v) is 3.46. The van der Waals surface area contributed by atoms with Gasteiger partial charge < -0.3 is 10.1 Å². The molecule has 0 aliphatic carbocycles. The van der Waals surface area contributed by atoms with Crippen LogP contribution in [0.25, 0.3) is 0 Å². The predicted octanol–water partition coefficient (Wildman–Crippen LogP) is 2.87. The lowest BCUT2D eigenvalue weighted by Gasteiger charge is -2.35. The molecule has 1 atom stereocenters. The van der Waals surface area contributed by atoms with Gasteiger partial charge in [-0.3, -0.25) is 10.00 Å². The summed E-state index contributed by atoms with van der Waals surface area (Å²) < 4.78 is 5.53. The summed E-state index contributed by atoms with van der Waals surface area (Å²) in [6.45, 7) is 12.0. The monoisotopic (exact) mass is 342 g/mol. The molecule has 1 fully saturated rings. The molecule has 2 heterocycles. The van der Waals surface area contributed by atoms with Crippen LogP contribution in [-0.2, 0) is 16.7 Å². The van der Waals surface area contributed by atoms with Crippen LogP contribution in [0, 0.1) is 0 Å². The average Bonchev–Trinajstić information content (AvgIpc) is 3.09. The SMILES string of the molecule is CC(C)(C)c1[nH]ncc1CNCC(c1ccccc1)N1CCOCC1. The van der Waals surface area contributed by atoms with Gasteiger partial charge >= 0.3 is 0 Å². The van der Waals surface area contributed by atoms with Crippen molar-refractivity contribution in [3.05, 3.63) is 53.3 Å². The molecule has 1 aliphatic heterocycles. The van der Waals surface area contributed by atoms with Gasteiger partial charge in [0.15, 0.2) is 0 Å². The fraction of sp³-hybridized carbons (Fsp3) is 0.550. The highest BCUT2D eigenvalue weighted by Gasteiger charge is 2.23. The molecule has 1 aromatic heterocycles. The van der Waals surface area contributed by atoms with E-state index in [4.69, 9.17) is 4.74 Å². The maximum absolute atomic E-state index is 5.53. The highest BCUT2D eigenvalue weighted by Crippen LogP contribution is 2.24. The minimum Gasteiger partial charge on any atom is -0.379 e. The van der Waals surface area contributed by atoms with Crippen molar-refractivity contribution in [3.63, 3.8) is 0 Å². The molecule has 0 saturated carbocycles. The summed E-state index contributed by atoms with van der Waals surface area (Å²) in [4.78, 5) is 2.52. The first-order valence-electron chi connectivity index (χ1n) is 9.16. The van der Waals surface area contributed by atoms with Gasteiger partial charge in [-0.05, 0) is 5.56 Å². The van der Waals surface area contributed by atoms with Crippen molar-refractivity contribution >= 4 is 0 Å². The smallest absolute Gasteiger partial charge is 0.0594 e. The van der Waals surface area contributed by atoms with Crippen LogP contribution in [0.5, 0.6) is 0 Å². The first-order chi connectivity index (χ1) is 12.1. The zero-order chi connectivity index (χ0) is 17.7. The van der Waals surface area contributed by atoms with Crippen LogP contribution in [0.15, 0.2) is 36.5 Å². The van der Waals surface area contributed by atoms with Crippen molar-refractivity contribution in [1.29, 1.82) is 0 Å². The molecule has 1 aliphatic rings. The van der Waals surface area contributed by atoms with E-state index in [0.29, 0.717) is 6.04 Å². The Bertz CT molecular complexity index is 641. The quantitative estimate of drug-likeness (QED) is 0.848.